The Balaban J connectivity index is 1.66. The summed E-state index contributed by atoms with van der Waals surface area (Å²) in [4.78, 5) is 14.1. The number of piperazine rings is 1. The first-order valence-electron chi connectivity index (χ1n) is 8.06. The molecule has 1 aliphatic carbocycles. The number of rotatable bonds is 5. The van der Waals surface area contributed by atoms with Crippen LogP contribution in [0, 0.1) is 5.92 Å². The van der Waals surface area contributed by atoms with E-state index < -0.39 is 0 Å². The second-order valence-corrected chi connectivity index (χ2v) is 6.85. The van der Waals surface area contributed by atoms with Crippen molar-refractivity contribution in [3.63, 3.8) is 0 Å². The van der Waals surface area contributed by atoms with Crippen molar-refractivity contribution in [3.8, 4) is 0 Å². The summed E-state index contributed by atoms with van der Waals surface area (Å²) in [6, 6.07) is 0. The number of halogens is 1. The van der Waals surface area contributed by atoms with E-state index in [1.54, 1.807) is 0 Å². The lowest BCUT2D eigenvalue weighted by Crippen LogP contribution is -2.47. The Morgan fingerprint density at radius 2 is 1.95 bits per heavy atom. The zero-order chi connectivity index (χ0) is 14.8. The van der Waals surface area contributed by atoms with Crippen LogP contribution in [-0.2, 0) is 5.88 Å². The molecule has 2 aliphatic rings. The van der Waals surface area contributed by atoms with Crippen LogP contribution in [0.15, 0.2) is 6.20 Å². The Labute approximate surface area is 132 Å². The molecular weight excluding hydrogens is 284 g/mol. The molecule has 0 N–H and O–H groups in total. The molecule has 2 fully saturated rings. The summed E-state index contributed by atoms with van der Waals surface area (Å²) in [5.41, 5.74) is 2.10. The lowest BCUT2D eigenvalue weighted by atomic mass is 10.2. The molecule has 1 aliphatic heterocycles. The van der Waals surface area contributed by atoms with Gasteiger partial charge in [0, 0.05) is 38.6 Å². The monoisotopic (exact) mass is 308 g/mol. The SMILES string of the molecule is CC(C)c1ncc(N2CCN(CC3CC3)CC2)c(CCl)n1. The standard InChI is InChI=1S/C16H25ClN4/c1-12(2)16-18-10-15(14(9-17)19-16)21-7-5-20(6-8-21)11-13-3-4-13/h10,12-13H,3-9,11H2,1-2H3. The molecule has 0 amide bonds. The van der Waals surface area contributed by atoms with Crippen molar-refractivity contribution in [1.29, 1.82) is 0 Å². The maximum Gasteiger partial charge on any atom is 0.131 e. The lowest BCUT2D eigenvalue weighted by Gasteiger charge is -2.36. The zero-order valence-electron chi connectivity index (χ0n) is 13.1. The van der Waals surface area contributed by atoms with Gasteiger partial charge in [0.15, 0.2) is 0 Å². The molecule has 5 heteroatoms. The molecule has 0 radical (unpaired) electrons. The Bertz CT molecular complexity index is 479. The van der Waals surface area contributed by atoms with E-state index >= 15 is 0 Å². The molecule has 0 atom stereocenters. The average molecular weight is 309 g/mol. The summed E-state index contributed by atoms with van der Waals surface area (Å²) in [7, 11) is 0. The molecule has 0 unspecified atom stereocenters. The first-order valence-corrected chi connectivity index (χ1v) is 8.60. The maximum atomic E-state index is 6.11. The van der Waals surface area contributed by atoms with E-state index in [2.05, 4.69) is 33.6 Å². The first-order chi connectivity index (χ1) is 10.2. The van der Waals surface area contributed by atoms with Gasteiger partial charge in [-0.05, 0) is 18.8 Å². The van der Waals surface area contributed by atoms with E-state index in [0.717, 1.165) is 49.3 Å². The number of nitrogens with zero attached hydrogens (tertiary/aromatic N) is 4. The fourth-order valence-electron chi connectivity index (χ4n) is 2.90. The maximum absolute atomic E-state index is 6.11. The van der Waals surface area contributed by atoms with Gasteiger partial charge in [-0.3, -0.25) is 4.90 Å². The number of hydrogen-bond donors (Lipinski definition) is 0. The number of aromatic nitrogens is 2. The quantitative estimate of drug-likeness (QED) is 0.783. The van der Waals surface area contributed by atoms with Gasteiger partial charge < -0.3 is 4.90 Å². The van der Waals surface area contributed by atoms with Gasteiger partial charge in [0.1, 0.15) is 5.82 Å². The van der Waals surface area contributed by atoms with Crippen LogP contribution < -0.4 is 4.90 Å². The van der Waals surface area contributed by atoms with E-state index in [0.29, 0.717) is 11.8 Å². The minimum Gasteiger partial charge on any atom is -0.366 e. The van der Waals surface area contributed by atoms with Crippen LogP contribution in [0.3, 0.4) is 0 Å². The Hall–Kier alpha value is -0.870. The minimum absolute atomic E-state index is 0.344. The number of alkyl halides is 1. The van der Waals surface area contributed by atoms with Gasteiger partial charge in [0.25, 0.3) is 0 Å². The van der Waals surface area contributed by atoms with E-state index in [-0.39, 0.29) is 0 Å². The molecule has 0 bridgehead atoms. The molecule has 1 aromatic rings. The second-order valence-electron chi connectivity index (χ2n) is 6.58. The Kier molecular flexibility index (Phi) is 4.65. The highest BCUT2D eigenvalue weighted by atomic mass is 35.5. The molecule has 4 nitrogen and oxygen atoms in total. The summed E-state index contributed by atoms with van der Waals surface area (Å²) in [6.45, 7) is 9.92. The van der Waals surface area contributed by atoms with Crippen LogP contribution in [0.1, 0.15) is 44.1 Å². The molecule has 21 heavy (non-hydrogen) atoms. The van der Waals surface area contributed by atoms with E-state index in [9.17, 15) is 0 Å². The second kappa shape index (κ2) is 6.49. The highest BCUT2D eigenvalue weighted by molar-refractivity contribution is 6.17. The lowest BCUT2D eigenvalue weighted by molar-refractivity contribution is 0.248. The summed E-state index contributed by atoms with van der Waals surface area (Å²) in [5, 5.41) is 0. The van der Waals surface area contributed by atoms with Crippen molar-refractivity contribution in [2.45, 2.75) is 38.5 Å². The van der Waals surface area contributed by atoms with Crippen molar-refractivity contribution in [1.82, 2.24) is 14.9 Å². The van der Waals surface area contributed by atoms with Crippen LogP contribution in [-0.4, -0.2) is 47.6 Å². The van der Waals surface area contributed by atoms with Gasteiger partial charge in [0.05, 0.1) is 23.5 Å². The predicted molar refractivity (Wildman–Crippen MR) is 87.1 cm³/mol. The van der Waals surface area contributed by atoms with Crippen LogP contribution in [0.25, 0.3) is 0 Å². The van der Waals surface area contributed by atoms with Gasteiger partial charge in [-0.25, -0.2) is 9.97 Å². The van der Waals surface area contributed by atoms with Crippen LogP contribution in [0.2, 0.25) is 0 Å². The fourth-order valence-corrected chi connectivity index (χ4v) is 3.10. The minimum atomic E-state index is 0.344. The van der Waals surface area contributed by atoms with Gasteiger partial charge in [0.2, 0.25) is 0 Å². The third kappa shape index (κ3) is 3.67. The van der Waals surface area contributed by atoms with Crippen molar-refractivity contribution in [3.05, 3.63) is 17.7 Å². The van der Waals surface area contributed by atoms with Crippen molar-refractivity contribution >= 4 is 17.3 Å². The number of hydrogen-bond acceptors (Lipinski definition) is 4. The van der Waals surface area contributed by atoms with E-state index in [1.165, 1.54) is 19.4 Å². The highest BCUT2D eigenvalue weighted by Crippen LogP contribution is 2.30. The van der Waals surface area contributed by atoms with Crippen molar-refractivity contribution in [2.24, 2.45) is 5.92 Å². The fraction of sp³-hybridized carbons (Fsp3) is 0.750. The molecular formula is C16H25ClN4. The molecule has 3 rings (SSSR count). The van der Waals surface area contributed by atoms with Crippen molar-refractivity contribution < 1.29 is 0 Å². The molecule has 2 heterocycles. The summed E-state index contributed by atoms with van der Waals surface area (Å²) >= 11 is 6.11. The van der Waals surface area contributed by atoms with E-state index in [4.69, 9.17) is 11.6 Å². The largest absolute Gasteiger partial charge is 0.366 e. The summed E-state index contributed by atoms with van der Waals surface area (Å²) in [5.74, 6) is 2.67. The normalized spacial score (nSPS) is 20.3. The predicted octanol–water partition coefficient (Wildman–Crippen LogP) is 2.87. The van der Waals surface area contributed by atoms with Crippen LogP contribution in [0.4, 0.5) is 5.69 Å². The molecule has 116 valence electrons. The smallest absolute Gasteiger partial charge is 0.131 e. The number of anilines is 1. The molecule has 1 saturated heterocycles. The van der Waals surface area contributed by atoms with Gasteiger partial charge >= 0.3 is 0 Å². The van der Waals surface area contributed by atoms with Crippen molar-refractivity contribution in [2.75, 3.05) is 37.6 Å². The van der Waals surface area contributed by atoms with E-state index in [1.807, 2.05) is 6.20 Å². The van der Waals surface area contributed by atoms with Gasteiger partial charge in [-0.1, -0.05) is 13.8 Å². The Morgan fingerprint density at radius 3 is 2.52 bits per heavy atom. The average Bonchev–Trinajstić information content (AvgIpc) is 3.31. The van der Waals surface area contributed by atoms with Crippen LogP contribution in [0.5, 0.6) is 0 Å². The van der Waals surface area contributed by atoms with Gasteiger partial charge in [-0.15, -0.1) is 11.6 Å². The molecule has 0 aromatic carbocycles. The first kappa shape index (κ1) is 15.0. The molecule has 1 aromatic heterocycles. The summed E-state index contributed by atoms with van der Waals surface area (Å²) < 4.78 is 0. The van der Waals surface area contributed by atoms with Crippen LogP contribution >= 0.6 is 11.6 Å². The zero-order valence-corrected chi connectivity index (χ0v) is 13.8. The third-order valence-corrected chi connectivity index (χ3v) is 4.69. The third-order valence-electron chi connectivity index (χ3n) is 4.43. The van der Waals surface area contributed by atoms with Gasteiger partial charge in [-0.2, -0.15) is 0 Å². The molecule has 1 saturated carbocycles. The summed E-state index contributed by atoms with van der Waals surface area (Å²) in [6.07, 6.45) is 4.83. The topological polar surface area (TPSA) is 32.3 Å². The highest BCUT2D eigenvalue weighted by Gasteiger charge is 2.27. The molecule has 0 spiro atoms. The Morgan fingerprint density at radius 1 is 1.24 bits per heavy atom.